The topological polar surface area (TPSA) is 72.6 Å². The summed E-state index contributed by atoms with van der Waals surface area (Å²) in [4.78, 5) is 0.325. The normalized spacial score (nSPS) is 18.8. The number of nitrogens with two attached hydrogens (primary N) is 1. The van der Waals surface area contributed by atoms with Crippen LogP contribution >= 0.6 is 0 Å². The fraction of sp³-hybridized carbons (Fsp3) is 0.600. The second-order valence-corrected chi connectivity index (χ2v) is 8.15. The Balaban J connectivity index is 2.07. The van der Waals surface area contributed by atoms with Crippen LogP contribution in [0.15, 0.2) is 29.2 Å². The van der Waals surface area contributed by atoms with E-state index in [4.69, 9.17) is 10.5 Å². The molecule has 1 fully saturated rings. The second-order valence-electron chi connectivity index (χ2n) is 6.21. The molecule has 2 N–H and O–H groups in total. The van der Waals surface area contributed by atoms with Gasteiger partial charge in [0.2, 0.25) is 10.0 Å². The Hall–Kier alpha value is -1.11. The highest BCUT2D eigenvalue weighted by Crippen LogP contribution is 2.33. The molecule has 1 aliphatic heterocycles. The Morgan fingerprint density at radius 3 is 2.48 bits per heavy atom. The van der Waals surface area contributed by atoms with Gasteiger partial charge in [-0.3, -0.25) is 0 Å². The van der Waals surface area contributed by atoms with Gasteiger partial charge in [-0.05, 0) is 49.1 Å². The summed E-state index contributed by atoms with van der Waals surface area (Å²) in [5.41, 5.74) is 5.45. The lowest BCUT2D eigenvalue weighted by Gasteiger charge is -2.19. The molecule has 0 spiro atoms. The van der Waals surface area contributed by atoms with E-state index in [1.807, 2.05) is 0 Å². The number of ether oxygens (including phenoxy) is 1. The molecule has 1 heterocycles. The van der Waals surface area contributed by atoms with Crippen LogP contribution < -0.4 is 10.5 Å². The van der Waals surface area contributed by atoms with Crippen LogP contribution in [0.25, 0.3) is 0 Å². The van der Waals surface area contributed by atoms with Gasteiger partial charge in [-0.25, -0.2) is 8.42 Å². The van der Waals surface area contributed by atoms with E-state index in [2.05, 4.69) is 13.8 Å². The first-order chi connectivity index (χ1) is 9.85. The summed E-state index contributed by atoms with van der Waals surface area (Å²) in [6, 6.07) is 6.62. The van der Waals surface area contributed by atoms with Gasteiger partial charge in [0, 0.05) is 13.1 Å². The largest absolute Gasteiger partial charge is 0.494 e. The summed E-state index contributed by atoms with van der Waals surface area (Å²) >= 11 is 0. The molecule has 1 aromatic carbocycles. The van der Waals surface area contributed by atoms with E-state index in [1.54, 1.807) is 28.6 Å². The van der Waals surface area contributed by atoms with Crippen LogP contribution in [0, 0.1) is 5.41 Å². The first kappa shape index (κ1) is 16.3. The molecule has 0 radical (unpaired) electrons. The van der Waals surface area contributed by atoms with Crippen molar-refractivity contribution in [2.75, 3.05) is 26.2 Å². The van der Waals surface area contributed by atoms with Crippen molar-refractivity contribution < 1.29 is 13.2 Å². The molecule has 1 aromatic rings. The molecule has 0 bridgehead atoms. The third kappa shape index (κ3) is 3.96. The SMILES string of the molecule is CC1(C)CCN(S(=O)(=O)c2ccc(OCCCN)cc2)C1. The second kappa shape index (κ2) is 6.34. The molecule has 0 aliphatic carbocycles. The molecule has 118 valence electrons. The van der Waals surface area contributed by atoms with Crippen LogP contribution in [0.2, 0.25) is 0 Å². The lowest BCUT2D eigenvalue weighted by atomic mass is 9.93. The van der Waals surface area contributed by atoms with Gasteiger partial charge in [0.15, 0.2) is 0 Å². The van der Waals surface area contributed by atoms with Crippen molar-refractivity contribution in [1.82, 2.24) is 4.31 Å². The molecule has 0 unspecified atom stereocenters. The highest BCUT2D eigenvalue weighted by Gasteiger charge is 2.36. The first-order valence-electron chi connectivity index (χ1n) is 7.28. The lowest BCUT2D eigenvalue weighted by molar-refractivity contribution is 0.313. The van der Waals surface area contributed by atoms with Gasteiger partial charge in [0.1, 0.15) is 5.75 Å². The van der Waals surface area contributed by atoms with E-state index in [1.165, 1.54) is 0 Å². The minimum atomic E-state index is -3.39. The van der Waals surface area contributed by atoms with Gasteiger partial charge in [-0.1, -0.05) is 13.8 Å². The molecule has 0 amide bonds. The zero-order valence-corrected chi connectivity index (χ0v) is 13.5. The number of hydrogen-bond acceptors (Lipinski definition) is 4. The van der Waals surface area contributed by atoms with Crippen LogP contribution in [-0.2, 0) is 10.0 Å². The van der Waals surface area contributed by atoms with Crippen LogP contribution in [0.3, 0.4) is 0 Å². The minimum Gasteiger partial charge on any atom is -0.494 e. The summed E-state index contributed by atoms with van der Waals surface area (Å²) in [5.74, 6) is 0.671. The Kier molecular flexibility index (Phi) is 4.91. The predicted octanol–water partition coefficient (Wildman–Crippen LogP) is 1.83. The molecule has 5 nitrogen and oxygen atoms in total. The summed E-state index contributed by atoms with van der Waals surface area (Å²) in [7, 11) is -3.39. The number of hydrogen-bond donors (Lipinski definition) is 1. The maximum atomic E-state index is 12.6. The fourth-order valence-electron chi connectivity index (χ4n) is 2.40. The summed E-state index contributed by atoms with van der Waals surface area (Å²) < 4.78 is 32.2. The standard InChI is InChI=1S/C15H24N2O3S/c1-15(2)8-10-17(12-15)21(18,19)14-6-4-13(5-7-14)20-11-3-9-16/h4-7H,3,8-12,16H2,1-2H3. The van der Waals surface area contributed by atoms with E-state index in [0.29, 0.717) is 36.9 Å². The third-order valence-electron chi connectivity index (χ3n) is 3.72. The molecule has 21 heavy (non-hydrogen) atoms. The molecular formula is C15H24N2O3S. The predicted molar refractivity (Wildman–Crippen MR) is 82.8 cm³/mol. The molecule has 0 saturated carbocycles. The van der Waals surface area contributed by atoms with Gasteiger partial charge in [-0.15, -0.1) is 0 Å². The monoisotopic (exact) mass is 312 g/mol. The molecule has 2 rings (SSSR count). The third-order valence-corrected chi connectivity index (χ3v) is 5.58. The lowest BCUT2D eigenvalue weighted by Crippen LogP contribution is -2.30. The van der Waals surface area contributed by atoms with Crippen LogP contribution in [0.1, 0.15) is 26.7 Å². The average Bonchev–Trinajstić information content (AvgIpc) is 2.81. The van der Waals surface area contributed by atoms with Crippen LogP contribution in [0.4, 0.5) is 0 Å². The van der Waals surface area contributed by atoms with E-state index < -0.39 is 10.0 Å². The van der Waals surface area contributed by atoms with E-state index in [0.717, 1.165) is 12.8 Å². The average molecular weight is 312 g/mol. The van der Waals surface area contributed by atoms with Crippen LogP contribution in [0.5, 0.6) is 5.75 Å². The zero-order valence-electron chi connectivity index (χ0n) is 12.7. The number of benzene rings is 1. The number of nitrogens with zero attached hydrogens (tertiary/aromatic N) is 1. The smallest absolute Gasteiger partial charge is 0.243 e. The summed E-state index contributed by atoms with van der Waals surface area (Å²) in [6.45, 7) is 6.47. The van der Waals surface area contributed by atoms with Gasteiger partial charge in [0.05, 0.1) is 11.5 Å². The van der Waals surface area contributed by atoms with Crippen molar-refractivity contribution >= 4 is 10.0 Å². The molecule has 0 atom stereocenters. The highest BCUT2D eigenvalue weighted by atomic mass is 32.2. The minimum absolute atomic E-state index is 0.0539. The Bertz CT molecular complexity index is 567. The highest BCUT2D eigenvalue weighted by molar-refractivity contribution is 7.89. The van der Waals surface area contributed by atoms with E-state index in [9.17, 15) is 8.42 Å². The van der Waals surface area contributed by atoms with Crippen molar-refractivity contribution in [1.29, 1.82) is 0 Å². The van der Waals surface area contributed by atoms with Gasteiger partial charge < -0.3 is 10.5 Å². The van der Waals surface area contributed by atoms with E-state index >= 15 is 0 Å². The summed E-state index contributed by atoms with van der Waals surface area (Å²) in [5, 5.41) is 0. The Morgan fingerprint density at radius 2 is 1.95 bits per heavy atom. The molecule has 1 saturated heterocycles. The zero-order chi connectivity index (χ0) is 15.5. The van der Waals surface area contributed by atoms with Crippen molar-refractivity contribution in [3.63, 3.8) is 0 Å². The van der Waals surface area contributed by atoms with Crippen molar-refractivity contribution in [3.05, 3.63) is 24.3 Å². The molecule has 0 aromatic heterocycles. The number of rotatable bonds is 6. The molecule has 6 heteroatoms. The molecular weight excluding hydrogens is 288 g/mol. The van der Waals surface area contributed by atoms with E-state index in [-0.39, 0.29) is 5.41 Å². The maximum Gasteiger partial charge on any atom is 0.243 e. The van der Waals surface area contributed by atoms with Crippen molar-refractivity contribution in [2.45, 2.75) is 31.6 Å². The Morgan fingerprint density at radius 1 is 1.29 bits per heavy atom. The molecule has 1 aliphatic rings. The maximum absolute atomic E-state index is 12.6. The van der Waals surface area contributed by atoms with Crippen molar-refractivity contribution in [2.24, 2.45) is 11.1 Å². The van der Waals surface area contributed by atoms with Crippen LogP contribution in [-0.4, -0.2) is 39.0 Å². The van der Waals surface area contributed by atoms with Gasteiger partial charge >= 0.3 is 0 Å². The van der Waals surface area contributed by atoms with Crippen molar-refractivity contribution in [3.8, 4) is 5.75 Å². The van der Waals surface area contributed by atoms with Gasteiger partial charge in [0.25, 0.3) is 0 Å². The number of sulfonamides is 1. The Labute approximate surface area is 127 Å². The fourth-order valence-corrected chi connectivity index (χ4v) is 4.03. The summed E-state index contributed by atoms with van der Waals surface area (Å²) in [6.07, 6.45) is 1.68. The first-order valence-corrected chi connectivity index (χ1v) is 8.72. The quantitative estimate of drug-likeness (QED) is 0.814. The van der Waals surface area contributed by atoms with Gasteiger partial charge in [-0.2, -0.15) is 4.31 Å².